The molecule has 1 N–H and O–H groups in total. The number of amides is 1. The van der Waals surface area contributed by atoms with E-state index in [0.717, 1.165) is 12.1 Å². The minimum atomic E-state index is -4.06. The average Bonchev–Trinajstić information content (AvgIpc) is 2.91. The number of nitriles is 1. The second kappa shape index (κ2) is 7.90. The number of rotatable bonds is 5. The largest absolute Gasteiger partial charge is 0.344 e. The highest BCUT2D eigenvalue weighted by atomic mass is 35.5. The van der Waals surface area contributed by atoms with Crippen molar-refractivity contribution in [3.63, 3.8) is 0 Å². The third-order valence-electron chi connectivity index (χ3n) is 3.71. The zero-order valence-corrected chi connectivity index (χ0v) is 16.3. The smallest absolute Gasteiger partial charge is 0.285 e. The number of hydrogen-bond donors (Lipinski definition) is 1. The van der Waals surface area contributed by atoms with Crippen LogP contribution >= 0.6 is 11.6 Å². The number of sulfonamides is 1. The third-order valence-corrected chi connectivity index (χ3v) is 5.63. The Labute approximate surface area is 161 Å². The Morgan fingerprint density at radius 1 is 1.44 bits per heavy atom. The normalized spacial score (nSPS) is 11.9. The number of benzene rings is 1. The van der Waals surface area contributed by atoms with Crippen LogP contribution in [0, 0.1) is 17.1 Å². The molecule has 1 heterocycles. The number of hydrogen-bond acceptors (Lipinski definition) is 4. The minimum Gasteiger partial charge on any atom is -0.344 e. The van der Waals surface area contributed by atoms with Gasteiger partial charge in [-0.2, -0.15) is 18.1 Å². The fourth-order valence-electron chi connectivity index (χ4n) is 2.21. The van der Waals surface area contributed by atoms with Gasteiger partial charge in [-0.25, -0.2) is 4.39 Å². The second-order valence-electron chi connectivity index (χ2n) is 5.68. The second-order valence-corrected chi connectivity index (χ2v) is 7.63. The van der Waals surface area contributed by atoms with Crippen LogP contribution in [0.4, 0.5) is 10.1 Å². The Balaban J connectivity index is 2.42. The monoisotopic (exact) mass is 410 g/mol. The fourth-order valence-corrected chi connectivity index (χ4v) is 4.02. The molecule has 0 unspecified atom stereocenters. The number of nitrogens with zero attached hydrogens (tertiary/aromatic N) is 3. The van der Waals surface area contributed by atoms with E-state index in [1.807, 2.05) is 0 Å². The highest BCUT2D eigenvalue weighted by Crippen LogP contribution is 2.29. The van der Waals surface area contributed by atoms with Crippen molar-refractivity contribution in [1.29, 1.82) is 5.26 Å². The lowest BCUT2D eigenvalue weighted by Crippen LogP contribution is -2.16. The molecule has 0 fully saturated rings. The van der Waals surface area contributed by atoms with Crippen LogP contribution in [0.1, 0.15) is 36.3 Å². The number of carbonyl (C=O) groups excluding carboxylic acids is 1. The molecule has 1 amide bonds. The van der Waals surface area contributed by atoms with Crippen molar-refractivity contribution in [2.75, 3.05) is 5.32 Å². The summed E-state index contributed by atoms with van der Waals surface area (Å²) in [5.74, 6) is -1.43. The van der Waals surface area contributed by atoms with E-state index in [1.165, 1.54) is 23.9 Å². The summed E-state index contributed by atoms with van der Waals surface area (Å²) in [6.45, 7) is 3.33. The Bertz CT molecular complexity index is 1080. The molecule has 2 aromatic rings. The number of anilines is 1. The Morgan fingerprint density at radius 2 is 2.11 bits per heavy atom. The number of carbonyl (C=O) groups is 1. The first-order chi connectivity index (χ1) is 12.6. The molecule has 1 aromatic heterocycles. The summed E-state index contributed by atoms with van der Waals surface area (Å²) >= 11 is 6.14. The summed E-state index contributed by atoms with van der Waals surface area (Å²) in [6, 6.07) is 5.15. The SMILES string of the molecule is CCC(C)=NS(=O)(=O)c1cn(C)c(C(=O)Nc2ccc(F)c(C#N)c2)c1Cl. The van der Waals surface area contributed by atoms with Gasteiger partial charge in [-0.15, -0.1) is 0 Å². The van der Waals surface area contributed by atoms with Crippen LogP contribution in [0.2, 0.25) is 5.02 Å². The van der Waals surface area contributed by atoms with E-state index in [9.17, 15) is 17.6 Å². The molecule has 0 aliphatic heterocycles. The van der Waals surface area contributed by atoms with E-state index in [2.05, 4.69) is 9.71 Å². The Kier molecular flexibility index (Phi) is 6.03. The average molecular weight is 411 g/mol. The summed E-state index contributed by atoms with van der Waals surface area (Å²) < 4.78 is 43.1. The first-order valence-electron chi connectivity index (χ1n) is 7.77. The molecule has 0 spiro atoms. The van der Waals surface area contributed by atoms with Crippen molar-refractivity contribution in [3.8, 4) is 6.07 Å². The van der Waals surface area contributed by atoms with Gasteiger partial charge in [-0.3, -0.25) is 4.79 Å². The molecule has 1 aromatic carbocycles. The number of aryl methyl sites for hydroxylation is 1. The summed E-state index contributed by atoms with van der Waals surface area (Å²) in [4.78, 5) is 12.2. The van der Waals surface area contributed by atoms with E-state index in [4.69, 9.17) is 16.9 Å². The lowest BCUT2D eigenvalue weighted by molar-refractivity contribution is 0.101. The van der Waals surface area contributed by atoms with Gasteiger partial charge in [-0.05, 0) is 31.5 Å². The minimum absolute atomic E-state index is 0.109. The molecule has 27 heavy (non-hydrogen) atoms. The van der Waals surface area contributed by atoms with E-state index < -0.39 is 21.7 Å². The lowest BCUT2D eigenvalue weighted by atomic mass is 10.2. The molecule has 142 valence electrons. The predicted molar refractivity (Wildman–Crippen MR) is 100 cm³/mol. The summed E-state index contributed by atoms with van der Waals surface area (Å²) in [5.41, 5.74) is 0.219. The van der Waals surface area contributed by atoms with Gasteiger partial charge < -0.3 is 9.88 Å². The topological polar surface area (TPSA) is 104 Å². The van der Waals surface area contributed by atoms with Crippen molar-refractivity contribution >= 4 is 38.9 Å². The highest BCUT2D eigenvalue weighted by molar-refractivity contribution is 7.90. The maximum absolute atomic E-state index is 13.4. The summed E-state index contributed by atoms with van der Waals surface area (Å²) in [5, 5.41) is 11.1. The molecule has 7 nitrogen and oxygen atoms in total. The number of aromatic nitrogens is 1. The fraction of sp³-hybridized carbons (Fsp3) is 0.235. The van der Waals surface area contributed by atoms with Gasteiger partial charge >= 0.3 is 0 Å². The summed E-state index contributed by atoms with van der Waals surface area (Å²) in [7, 11) is -2.60. The van der Waals surface area contributed by atoms with E-state index in [0.29, 0.717) is 12.1 Å². The number of halogens is 2. The van der Waals surface area contributed by atoms with Crippen LogP contribution in [-0.4, -0.2) is 24.6 Å². The molecule has 0 bridgehead atoms. The van der Waals surface area contributed by atoms with E-state index in [1.54, 1.807) is 19.9 Å². The van der Waals surface area contributed by atoms with E-state index in [-0.39, 0.29) is 26.9 Å². The quantitative estimate of drug-likeness (QED) is 0.761. The molecule has 0 saturated carbocycles. The summed E-state index contributed by atoms with van der Waals surface area (Å²) in [6.07, 6.45) is 1.65. The van der Waals surface area contributed by atoms with Crippen molar-refractivity contribution in [2.45, 2.75) is 25.2 Å². The van der Waals surface area contributed by atoms with Gasteiger partial charge in [0.1, 0.15) is 22.5 Å². The van der Waals surface area contributed by atoms with Crippen LogP contribution in [0.15, 0.2) is 33.7 Å². The maximum Gasteiger partial charge on any atom is 0.285 e. The third kappa shape index (κ3) is 4.35. The van der Waals surface area contributed by atoms with Crippen LogP contribution in [-0.2, 0) is 17.1 Å². The van der Waals surface area contributed by atoms with Crippen LogP contribution < -0.4 is 5.32 Å². The van der Waals surface area contributed by atoms with Gasteiger partial charge in [0.15, 0.2) is 0 Å². The van der Waals surface area contributed by atoms with Crippen molar-refractivity contribution in [2.24, 2.45) is 11.4 Å². The van der Waals surface area contributed by atoms with Gasteiger partial charge in [0.05, 0.1) is 10.6 Å². The van der Waals surface area contributed by atoms with Crippen LogP contribution in [0.5, 0.6) is 0 Å². The zero-order chi connectivity index (χ0) is 20.4. The molecule has 0 radical (unpaired) electrons. The first kappa shape index (κ1) is 20.6. The van der Waals surface area contributed by atoms with Crippen molar-refractivity contribution < 1.29 is 17.6 Å². The molecule has 10 heteroatoms. The molecular formula is C17H16ClFN4O3S. The Morgan fingerprint density at radius 3 is 2.70 bits per heavy atom. The molecular weight excluding hydrogens is 395 g/mol. The van der Waals surface area contributed by atoms with Gasteiger partial charge in [0, 0.05) is 24.6 Å². The predicted octanol–water partition coefficient (Wildman–Crippen LogP) is 3.50. The molecule has 0 aliphatic rings. The zero-order valence-electron chi connectivity index (χ0n) is 14.7. The standard InChI is InChI=1S/C17H16ClFN4O3S/c1-4-10(2)22-27(25,26)14-9-23(3)16(15(14)18)17(24)21-12-5-6-13(19)11(7-12)8-20/h5-7,9H,4H2,1-3H3,(H,21,24). The van der Waals surface area contributed by atoms with Gasteiger partial charge in [-0.1, -0.05) is 18.5 Å². The number of nitrogens with one attached hydrogen (secondary N) is 1. The Hall–Kier alpha value is -2.70. The van der Waals surface area contributed by atoms with Crippen molar-refractivity contribution in [3.05, 3.63) is 46.5 Å². The molecule has 0 saturated heterocycles. The first-order valence-corrected chi connectivity index (χ1v) is 9.58. The van der Waals surface area contributed by atoms with Gasteiger partial charge in [0.2, 0.25) is 0 Å². The maximum atomic E-state index is 13.4. The van der Waals surface area contributed by atoms with Gasteiger partial charge in [0.25, 0.3) is 15.9 Å². The molecule has 0 aliphatic carbocycles. The molecule has 0 atom stereocenters. The van der Waals surface area contributed by atoms with Crippen LogP contribution in [0.25, 0.3) is 0 Å². The van der Waals surface area contributed by atoms with Crippen molar-refractivity contribution in [1.82, 2.24) is 4.57 Å². The van der Waals surface area contributed by atoms with E-state index >= 15 is 0 Å². The van der Waals surface area contributed by atoms with Crippen LogP contribution in [0.3, 0.4) is 0 Å². The highest BCUT2D eigenvalue weighted by Gasteiger charge is 2.27. The lowest BCUT2D eigenvalue weighted by Gasteiger charge is -2.07. The molecule has 2 rings (SSSR count).